The van der Waals surface area contributed by atoms with Crippen molar-refractivity contribution in [1.82, 2.24) is 0 Å². The van der Waals surface area contributed by atoms with E-state index in [1.165, 1.54) is 20.0 Å². The minimum atomic E-state index is -0.300. The summed E-state index contributed by atoms with van der Waals surface area (Å²) in [7, 11) is 1.39. The predicted molar refractivity (Wildman–Crippen MR) is 60.2 cm³/mol. The van der Waals surface area contributed by atoms with Crippen molar-refractivity contribution in [2.75, 3.05) is 13.7 Å². The van der Waals surface area contributed by atoms with E-state index in [-0.39, 0.29) is 5.97 Å². The number of benzene rings is 1. The molecule has 0 radical (unpaired) electrons. The number of esters is 1. The van der Waals surface area contributed by atoms with Gasteiger partial charge >= 0.3 is 5.97 Å². The summed E-state index contributed by atoms with van der Waals surface area (Å²) >= 11 is 0. The van der Waals surface area contributed by atoms with Crippen LogP contribution in [0.5, 0.6) is 0 Å². The van der Waals surface area contributed by atoms with Gasteiger partial charge < -0.3 is 9.47 Å². The van der Waals surface area contributed by atoms with Gasteiger partial charge in [0.25, 0.3) is 0 Å². The average molecular weight is 220 g/mol. The molecule has 0 aromatic heterocycles. The lowest BCUT2D eigenvalue weighted by Crippen LogP contribution is -2.07. The van der Waals surface area contributed by atoms with E-state index in [2.05, 4.69) is 0 Å². The second-order valence-electron chi connectivity index (χ2n) is 4.11. The molecular formula is C13H16O3. The molecule has 0 N–H and O–H groups in total. The number of ether oxygens (including phenoxy) is 2. The Morgan fingerprint density at radius 2 is 2.12 bits per heavy atom. The number of carbonyl (C=O) groups excluding carboxylic acids is 1. The molecule has 3 nitrogen and oxygen atoms in total. The third-order valence-corrected chi connectivity index (χ3v) is 2.73. The SMILES string of the molecule is COC(=O)c1ccccc1COCC1CC1. The van der Waals surface area contributed by atoms with Gasteiger partial charge in [0.05, 0.1) is 19.3 Å². The number of carbonyl (C=O) groups is 1. The molecule has 1 aromatic rings. The molecule has 0 saturated heterocycles. The largest absolute Gasteiger partial charge is 0.465 e. The summed E-state index contributed by atoms with van der Waals surface area (Å²) in [6.45, 7) is 1.29. The third kappa shape index (κ3) is 2.83. The van der Waals surface area contributed by atoms with Crippen molar-refractivity contribution in [3.8, 4) is 0 Å². The van der Waals surface area contributed by atoms with Gasteiger partial charge in [0, 0.05) is 6.61 Å². The van der Waals surface area contributed by atoms with Crippen LogP contribution in [0.1, 0.15) is 28.8 Å². The van der Waals surface area contributed by atoms with Gasteiger partial charge in [0.15, 0.2) is 0 Å². The molecule has 16 heavy (non-hydrogen) atoms. The van der Waals surface area contributed by atoms with Crippen LogP contribution in [0, 0.1) is 5.92 Å². The summed E-state index contributed by atoms with van der Waals surface area (Å²) in [5, 5.41) is 0. The zero-order valence-electron chi connectivity index (χ0n) is 9.44. The third-order valence-electron chi connectivity index (χ3n) is 2.73. The molecule has 0 bridgehead atoms. The normalized spacial score (nSPS) is 14.8. The van der Waals surface area contributed by atoms with Crippen LogP contribution in [0.25, 0.3) is 0 Å². The lowest BCUT2D eigenvalue weighted by Gasteiger charge is -2.08. The molecule has 0 atom stereocenters. The van der Waals surface area contributed by atoms with Crippen LogP contribution in [-0.2, 0) is 16.1 Å². The Labute approximate surface area is 95.4 Å². The van der Waals surface area contributed by atoms with Gasteiger partial charge in [-0.3, -0.25) is 0 Å². The van der Waals surface area contributed by atoms with Crippen LogP contribution >= 0.6 is 0 Å². The smallest absolute Gasteiger partial charge is 0.338 e. The molecule has 3 heteroatoms. The van der Waals surface area contributed by atoms with Crippen LogP contribution in [0.4, 0.5) is 0 Å². The second kappa shape index (κ2) is 5.12. The lowest BCUT2D eigenvalue weighted by atomic mass is 10.1. The van der Waals surface area contributed by atoms with E-state index >= 15 is 0 Å². The van der Waals surface area contributed by atoms with Crippen molar-refractivity contribution >= 4 is 5.97 Å². The zero-order valence-corrected chi connectivity index (χ0v) is 9.44. The average Bonchev–Trinajstić information content (AvgIpc) is 3.13. The Hall–Kier alpha value is -1.35. The van der Waals surface area contributed by atoms with E-state index in [1.807, 2.05) is 18.2 Å². The first-order valence-electron chi connectivity index (χ1n) is 5.55. The molecule has 0 heterocycles. The summed E-state index contributed by atoms with van der Waals surface area (Å²) in [5.41, 5.74) is 1.50. The zero-order chi connectivity index (χ0) is 11.4. The maximum absolute atomic E-state index is 11.5. The first-order valence-corrected chi connectivity index (χ1v) is 5.55. The molecule has 0 amide bonds. The minimum Gasteiger partial charge on any atom is -0.465 e. The molecule has 0 aliphatic heterocycles. The van der Waals surface area contributed by atoms with Gasteiger partial charge in [-0.2, -0.15) is 0 Å². The molecule has 1 aliphatic carbocycles. The first-order chi connectivity index (χ1) is 7.81. The monoisotopic (exact) mass is 220 g/mol. The van der Waals surface area contributed by atoms with Gasteiger partial charge in [0.2, 0.25) is 0 Å². The van der Waals surface area contributed by atoms with Crippen LogP contribution in [-0.4, -0.2) is 19.7 Å². The molecule has 0 spiro atoms. The van der Waals surface area contributed by atoms with E-state index in [9.17, 15) is 4.79 Å². The maximum Gasteiger partial charge on any atom is 0.338 e. The highest BCUT2D eigenvalue weighted by molar-refractivity contribution is 5.90. The van der Waals surface area contributed by atoms with Crippen molar-refractivity contribution in [2.45, 2.75) is 19.4 Å². The summed E-state index contributed by atoms with van der Waals surface area (Å²) in [6, 6.07) is 7.40. The highest BCUT2D eigenvalue weighted by Gasteiger charge is 2.21. The Morgan fingerprint density at radius 1 is 1.38 bits per heavy atom. The molecule has 1 saturated carbocycles. The van der Waals surface area contributed by atoms with E-state index in [4.69, 9.17) is 9.47 Å². The number of hydrogen-bond donors (Lipinski definition) is 0. The summed E-state index contributed by atoms with van der Waals surface area (Å²) < 4.78 is 10.3. The highest BCUT2D eigenvalue weighted by Crippen LogP contribution is 2.29. The molecular weight excluding hydrogens is 204 g/mol. The van der Waals surface area contributed by atoms with Gasteiger partial charge in [0.1, 0.15) is 0 Å². The molecule has 1 fully saturated rings. The number of rotatable bonds is 5. The Morgan fingerprint density at radius 3 is 2.81 bits per heavy atom. The predicted octanol–water partition coefficient (Wildman–Crippen LogP) is 2.40. The molecule has 1 aromatic carbocycles. The van der Waals surface area contributed by atoms with Crippen LogP contribution in [0.3, 0.4) is 0 Å². The van der Waals surface area contributed by atoms with Crippen LogP contribution < -0.4 is 0 Å². The minimum absolute atomic E-state index is 0.300. The maximum atomic E-state index is 11.5. The second-order valence-corrected chi connectivity index (χ2v) is 4.11. The van der Waals surface area contributed by atoms with Crippen molar-refractivity contribution in [3.63, 3.8) is 0 Å². The molecule has 86 valence electrons. The van der Waals surface area contributed by atoms with E-state index < -0.39 is 0 Å². The standard InChI is InChI=1S/C13H16O3/c1-15-13(14)12-5-3-2-4-11(12)9-16-8-10-6-7-10/h2-5,10H,6-9H2,1H3. The lowest BCUT2D eigenvalue weighted by molar-refractivity contribution is 0.0591. The summed E-state index contributed by atoms with van der Waals surface area (Å²) in [4.78, 5) is 11.5. The topological polar surface area (TPSA) is 35.5 Å². The Balaban J connectivity index is 1.97. The first kappa shape index (κ1) is 11.1. The summed E-state index contributed by atoms with van der Waals surface area (Å²) in [5.74, 6) is 0.441. The van der Waals surface area contributed by atoms with Gasteiger partial charge in [-0.15, -0.1) is 0 Å². The van der Waals surface area contributed by atoms with Crippen molar-refractivity contribution < 1.29 is 14.3 Å². The van der Waals surface area contributed by atoms with Crippen LogP contribution in [0.15, 0.2) is 24.3 Å². The fourth-order valence-corrected chi connectivity index (χ4v) is 1.58. The van der Waals surface area contributed by atoms with E-state index in [0.717, 1.165) is 18.1 Å². The van der Waals surface area contributed by atoms with E-state index in [0.29, 0.717) is 12.2 Å². The van der Waals surface area contributed by atoms with E-state index in [1.54, 1.807) is 6.07 Å². The Kier molecular flexibility index (Phi) is 3.57. The molecule has 2 rings (SSSR count). The van der Waals surface area contributed by atoms with Crippen molar-refractivity contribution in [3.05, 3.63) is 35.4 Å². The van der Waals surface area contributed by atoms with Gasteiger partial charge in [-0.05, 0) is 30.4 Å². The van der Waals surface area contributed by atoms with Crippen LogP contribution in [0.2, 0.25) is 0 Å². The molecule has 0 unspecified atom stereocenters. The Bertz CT molecular complexity index is 369. The number of hydrogen-bond acceptors (Lipinski definition) is 3. The quantitative estimate of drug-likeness (QED) is 0.715. The van der Waals surface area contributed by atoms with Gasteiger partial charge in [-0.25, -0.2) is 4.79 Å². The van der Waals surface area contributed by atoms with Gasteiger partial charge in [-0.1, -0.05) is 18.2 Å². The summed E-state index contributed by atoms with van der Waals surface area (Å²) in [6.07, 6.45) is 2.55. The molecule has 1 aliphatic rings. The highest BCUT2D eigenvalue weighted by atomic mass is 16.5. The van der Waals surface area contributed by atoms with Crippen molar-refractivity contribution in [1.29, 1.82) is 0 Å². The fraction of sp³-hybridized carbons (Fsp3) is 0.462. The van der Waals surface area contributed by atoms with Crippen molar-refractivity contribution in [2.24, 2.45) is 5.92 Å². The fourth-order valence-electron chi connectivity index (χ4n) is 1.58. The number of methoxy groups -OCH3 is 1.